The van der Waals surface area contributed by atoms with E-state index >= 15 is 0 Å². The third-order valence-electron chi connectivity index (χ3n) is 6.30. The lowest BCUT2D eigenvalue weighted by atomic mass is 9.99. The maximum Gasteiger partial charge on any atom is 0.418 e. The van der Waals surface area contributed by atoms with Gasteiger partial charge in [0, 0.05) is 48.7 Å². The van der Waals surface area contributed by atoms with E-state index in [1.807, 2.05) is 16.7 Å². The molecule has 2 aromatic heterocycles. The lowest BCUT2D eigenvalue weighted by Gasteiger charge is -2.37. The Balaban J connectivity index is 1.58. The number of piperidine rings is 1. The van der Waals surface area contributed by atoms with E-state index in [4.69, 9.17) is 9.63 Å². The molecule has 1 aromatic carbocycles. The van der Waals surface area contributed by atoms with E-state index in [0.717, 1.165) is 25.3 Å². The molecular formula is C25H28F3N5O3. The van der Waals surface area contributed by atoms with Gasteiger partial charge in [-0.25, -0.2) is 0 Å². The highest BCUT2D eigenvalue weighted by molar-refractivity contribution is 5.67. The van der Waals surface area contributed by atoms with Gasteiger partial charge in [0.2, 0.25) is 5.82 Å². The number of benzene rings is 1. The summed E-state index contributed by atoms with van der Waals surface area (Å²) in [6, 6.07) is 7.60. The van der Waals surface area contributed by atoms with Crippen LogP contribution in [0.3, 0.4) is 0 Å². The third kappa shape index (κ3) is 6.01. The van der Waals surface area contributed by atoms with E-state index in [1.54, 1.807) is 31.4 Å². The smallest absolute Gasteiger partial charge is 0.418 e. The van der Waals surface area contributed by atoms with Crippen molar-refractivity contribution in [3.63, 3.8) is 0 Å². The maximum absolute atomic E-state index is 14.0. The number of alkyl halides is 3. The molecule has 0 spiro atoms. The van der Waals surface area contributed by atoms with Crippen LogP contribution in [-0.4, -0.2) is 57.3 Å². The van der Waals surface area contributed by atoms with Crippen molar-refractivity contribution in [3.8, 4) is 22.8 Å². The number of rotatable bonds is 8. The van der Waals surface area contributed by atoms with E-state index in [1.165, 1.54) is 6.07 Å². The summed E-state index contributed by atoms with van der Waals surface area (Å²) in [5.41, 5.74) is 0.910. The normalized spacial score (nSPS) is 16.5. The monoisotopic (exact) mass is 503 g/mol. The molecule has 36 heavy (non-hydrogen) atoms. The lowest BCUT2D eigenvalue weighted by Crippen LogP contribution is -2.38. The highest BCUT2D eigenvalue weighted by Crippen LogP contribution is 2.41. The Morgan fingerprint density at radius 3 is 2.75 bits per heavy atom. The van der Waals surface area contributed by atoms with Gasteiger partial charge in [0.05, 0.1) is 17.7 Å². The van der Waals surface area contributed by atoms with Gasteiger partial charge in [-0.1, -0.05) is 5.16 Å². The molecule has 1 aliphatic rings. The number of carboxylic acids is 1. The first kappa shape index (κ1) is 25.6. The fraction of sp³-hybridized carbons (Fsp3) is 0.440. The molecule has 0 aliphatic carbocycles. The molecule has 4 rings (SSSR count). The predicted molar refractivity (Wildman–Crippen MR) is 127 cm³/mol. The van der Waals surface area contributed by atoms with E-state index < -0.39 is 17.7 Å². The standard InChI is InChI=1S/C25H28F3N5O3/c1-16-5-3-4-11-33(16)21-7-6-18(14-20(21)25(26,27)28)24-30-23(31-36-24)17-8-10-29-19(13-17)15-32(2)12-9-22(34)35/h6-8,10,13-14,16H,3-5,9,11-12,15H2,1-2H3,(H,34,35). The molecule has 1 fully saturated rings. The summed E-state index contributed by atoms with van der Waals surface area (Å²) in [5.74, 6) is -0.662. The molecule has 1 unspecified atom stereocenters. The van der Waals surface area contributed by atoms with Crippen LogP contribution in [0.25, 0.3) is 22.8 Å². The summed E-state index contributed by atoms with van der Waals surface area (Å²) in [6.07, 6.45) is -0.216. The first-order valence-electron chi connectivity index (χ1n) is 11.8. The van der Waals surface area contributed by atoms with Crippen molar-refractivity contribution in [2.45, 2.75) is 51.4 Å². The van der Waals surface area contributed by atoms with Gasteiger partial charge in [0.25, 0.3) is 5.89 Å². The van der Waals surface area contributed by atoms with Gasteiger partial charge in [0.1, 0.15) is 0 Å². The van der Waals surface area contributed by atoms with Crippen molar-refractivity contribution in [3.05, 3.63) is 47.8 Å². The molecule has 3 heterocycles. The van der Waals surface area contributed by atoms with E-state index in [2.05, 4.69) is 15.1 Å². The van der Waals surface area contributed by atoms with Crippen molar-refractivity contribution < 1.29 is 27.6 Å². The highest BCUT2D eigenvalue weighted by Gasteiger charge is 2.37. The van der Waals surface area contributed by atoms with Crippen LogP contribution < -0.4 is 4.90 Å². The van der Waals surface area contributed by atoms with Crippen LogP contribution >= 0.6 is 0 Å². The zero-order valence-electron chi connectivity index (χ0n) is 20.1. The SMILES string of the molecule is CC1CCCCN1c1ccc(-c2nc(-c3ccnc(CN(C)CCC(=O)O)c3)no2)cc1C(F)(F)F. The minimum absolute atomic E-state index is 0.00863. The van der Waals surface area contributed by atoms with E-state index in [0.29, 0.717) is 30.9 Å². The number of carboxylic acid groups (broad SMARTS) is 1. The molecule has 1 N–H and O–H groups in total. The molecule has 3 aromatic rings. The Morgan fingerprint density at radius 2 is 2.03 bits per heavy atom. The summed E-state index contributed by atoms with van der Waals surface area (Å²) < 4.78 is 47.3. The highest BCUT2D eigenvalue weighted by atomic mass is 19.4. The minimum Gasteiger partial charge on any atom is -0.481 e. The average molecular weight is 504 g/mol. The fourth-order valence-electron chi connectivity index (χ4n) is 4.41. The number of hydrogen-bond donors (Lipinski definition) is 1. The largest absolute Gasteiger partial charge is 0.481 e. The number of aliphatic carboxylic acids is 1. The molecule has 1 saturated heterocycles. The number of halogens is 3. The second kappa shape index (κ2) is 10.7. The van der Waals surface area contributed by atoms with E-state index in [-0.39, 0.29) is 35.4 Å². The molecule has 11 heteroatoms. The molecule has 1 atom stereocenters. The molecule has 0 amide bonds. The number of nitrogens with zero attached hydrogens (tertiary/aromatic N) is 5. The van der Waals surface area contributed by atoms with Crippen molar-refractivity contribution in [1.29, 1.82) is 0 Å². The predicted octanol–water partition coefficient (Wildman–Crippen LogP) is 5.10. The fourth-order valence-corrected chi connectivity index (χ4v) is 4.41. The van der Waals surface area contributed by atoms with Crippen LogP contribution in [-0.2, 0) is 17.5 Å². The van der Waals surface area contributed by atoms with Gasteiger partial charge in [-0.2, -0.15) is 18.2 Å². The van der Waals surface area contributed by atoms with Crippen LogP contribution in [0, 0.1) is 0 Å². The second-order valence-electron chi connectivity index (χ2n) is 9.11. The average Bonchev–Trinajstić information content (AvgIpc) is 3.33. The molecular weight excluding hydrogens is 475 g/mol. The van der Waals surface area contributed by atoms with Crippen molar-refractivity contribution in [2.75, 3.05) is 25.0 Å². The third-order valence-corrected chi connectivity index (χ3v) is 6.30. The maximum atomic E-state index is 14.0. The minimum atomic E-state index is -4.53. The quantitative estimate of drug-likeness (QED) is 0.454. The molecule has 1 aliphatic heterocycles. The van der Waals surface area contributed by atoms with Crippen LogP contribution in [0.4, 0.5) is 18.9 Å². The Hall–Kier alpha value is -3.47. The van der Waals surface area contributed by atoms with E-state index in [9.17, 15) is 18.0 Å². The van der Waals surface area contributed by atoms with Crippen molar-refractivity contribution >= 4 is 11.7 Å². The van der Waals surface area contributed by atoms with Gasteiger partial charge < -0.3 is 14.5 Å². The second-order valence-corrected chi connectivity index (χ2v) is 9.11. The summed E-state index contributed by atoms with van der Waals surface area (Å²) in [5, 5.41) is 12.8. The molecule has 192 valence electrons. The van der Waals surface area contributed by atoms with Crippen molar-refractivity contribution in [1.82, 2.24) is 20.0 Å². The lowest BCUT2D eigenvalue weighted by molar-refractivity contribution is -0.138. The van der Waals surface area contributed by atoms with Gasteiger partial charge in [-0.15, -0.1) is 0 Å². The summed E-state index contributed by atoms with van der Waals surface area (Å²) in [7, 11) is 1.79. The van der Waals surface area contributed by atoms with Gasteiger partial charge >= 0.3 is 12.1 Å². The number of anilines is 1. The first-order chi connectivity index (χ1) is 17.1. The van der Waals surface area contributed by atoms with Gasteiger partial charge in [-0.05, 0) is 63.6 Å². The Bertz CT molecular complexity index is 1210. The first-order valence-corrected chi connectivity index (χ1v) is 11.8. The Labute approximate surface area is 206 Å². The van der Waals surface area contributed by atoms with Crippen LogP contribution in [0.1, 0.15) is 43.9 Å². The zero-order valence-corrected chi connectivity index (χ0v) is 20.1. The molecule has 8 nitrogen and oxygen atoms in total. The summed E-state index contributed by atoms with van der Waals surface area (Å²) in [4.78, 5) is 23.0. The van der Waals surface area contributed by atoms with Gasteiger partial charge in [-0.3, -0.25) is 14.7 Å². The van der Waals surface area contributed by atoms with Crippen molar-refractivity contribution in [2.24, 2.45) is 0 Å². The Morgan fingerprint density at radius 1 is 1.22 bits per heavy atom. The molecule has 0 radical (unpaired) electrons. The van der Waals surface area contributed by atoms with Crippen LogP contribution in [0.15, 0.2) is 41.1 Å². The molecule has 0 saturated carbocycles. The van der Waals surface area contributed by atoms with Crippen LogP contribution in [0.5, 0.6) is 0 Å². The number of pyridine rings is 1. The number of carbonyl (C=O) groups is 1. The number of aromatic nitrogens is 3. The summed E-state index contributed by atoms with van der Waals surface area (Å²) >= 11 is 0. The Kier molecular flexibility index (Phi) is 7.58. The number of hydrogen-bond acceptors (Lipinski definition) is 7. The van der Waals surface area contributed by atoms with Crippen LogP contribution in [0.2, 0.25) is 0 Å². The zero-order chi connectivity index (χ0) is 25.9. The molecule has 0 bridgehead atoms. The topological polar surface area (TPSA) is 95.6 Å². The van der Waals surface area contributed by atoms with Gasteiger partial charge in [0.15, 0.2) is 0 Å². The summed E-state index contributed by atoms with van der Waals surface area (Å²) in [6.45, 7) is 3.31.